The minimum Gasteiger partial charge on any atom is -0.307 e. The van der Waals surface area contributed by atoms with E-state index in [0.29, 0.717) is 15.6 Å². The van der Waals surface area contributed by atoms with Crippen LogP contribution in [0.4, 0.5) is 0 Å². The predicted octanol–water partition coefficient (Wildman–Crippen LogP) is 1.39. The van der Waals surface area contributed by atoms with Crippen LogP contribution in [0.5, 0.6) is 0 Å². The fourth-order valence-corrected chi connectivity index (χ4v) is 2.11. The molecule has 1 rings (SSSR count). The molecular formula is C8H9NO2S2. The number of nitrogens with one attached hydrogen (secondary N) is 1. The zero-order chi connectivity index (χ0) is 10.0. The smallest absolute Gasteiger partial charge is 0.263 e. The highest BCUT2D eigenvalue weighted by atomic mass is 32.2. The summed E-state index contributed by atoms with van der Waals surface area (Å²) in [5, 5.41) is 2.51. The van der Waals surface area contributed by atoms with Crippen LogP contribution in [0, 0.1) is 0 Å². The highest BCUT2D eigenvalue weighted by Gasteiger charge is 2.24. The Kier molecular flexibility index (Phi) is 3.22. The average Bonchev–Trinajstić information content (AvgIpc) is 2.28. The summed E-state index contributed by atoms with van der Waals surface area (Å²) in [5.41, 5.74) is 0.787. The summed E-state index contributed by atoms with van der Waals surface area (Å²) in [6.45, 7) is 3.27. The van der Waals surface area contributed by atoms with E-state index in [-0.39, 0.29) is 11.7 Å². The third-order valence-corrected chi connectivity index (χ3v) is 2.90. The first-order chi connectivity index (χ1) is 6.00. The second kappa shape index (κ2) is 4.02. The number of thioether (sulfide) groups is 1. The summed E-state index contributed by atoms with van der Waals surface area (Å²) in [6.07, 6.45) is 0.318. The standard InChI is InChI=1S/C8H9NO2S2/c1-4(3-5(2)10)6-7(11)9-8(12)13-6/h3H2,1-2H3,(H,9,11,12)/b6-4+. The van der Waals surface area contributed by atoms with Gasteiger partial charge in [-0.25, -0.2) is 0 Å². The summed E-state index contributed by atoms with van der Waals surface area (Å²) in [7, 11) is 0. The van der Waals surface area contributed by atoms with Crippen LogP contribution in [0.3, 0.4) is 0 Å². The highest BCUT2D eigenvalue weighted by molar-refractivity contribution is 8.26. The van der Waals surface area contributed by atoms with Gasteiger partial charge in [-0.05, 0) is 19.4 Å². The Morgan fingerprint density at radius 2 is 2.15 bits per heavy atom. The molecule has 0 saturated carbocycles. The Balaban J connectivity index is 2.85. The molecule has 0 aromatic rings. The molecule has 0 atom stereocenters. The van der Waals surface area contributed by atoms with Gasteiger partial charge in [-0.1, -0.05) is 24.0 Å². The number of carbonyl (C=O) groups is 2. The van der Waals surface area contributed by atoms with E-state index in [1.807, 2.05) is 0 Å². The van der Waals surface area contributed by atoms with Crippen molar-refractivity contribution in [3.8, 4) is 0 Å². The van der Waals surface area contributed by atoms with Crippen LogP contribution in [0.2, 0.25) is 0 Å². The molecule has 0 aromatic heterocycles. The van der Waals surface area contributed by atoms with Crippen LogP contribution in [0.25, 0.3) is 0 Å². The number of rotatable bonds is 2. The van der Waals surface area contributed by atoms with Gasteiger partial charge < -0.3 is 5.32 Å². The van der Waals surface area contributed by atoms with E-state index in [1.165, 1.54) is 18.7 Å². The Morgan fingerprint density at radius 3 is 2.54 bits per heavy atom. The van der Waals surface area contributed by atoms with Gasteiger partial charge in [0.25, 0.3) is 5.91 Å². The Labute approximate surface area is 86.0 Å². The average molecular weight is 215 g/mol. The molecule has 1 fully saturated rings. The number of amides is 1. The molecule has 13 heavy (non-hydrogen) atoms. The van der Waals surface area contributed by atoms with Crippen LogP contribution in [0.15, 0.2) is 10.5 Å². The van der Waals surface area contributed by atoms with E-state index in [9.17, 15) is 9.59 Å². The maximum absolute atomic E-state index is 11.2. The maximum atomic E-state index is 11.2. The first-order valence-electron chi connectivity index (χ1n) is 3.73. The lowest BCUT2D eigenvalue weighted by atomic mass is 10.1. The van der Waals surface area contributed by atoms with Crippen molar-refractivity contribution in [2.24, 2.45) is 0 Å². The van der Waals surface area contributed by atoms with Gasteiger partial charge in [-0.3, -0.25) is 9.59 Å². The Morgan fingerprint density at radius 1 is 1.54 bits per heavy atom. The van der Waals surface area contributed by atoms with Crippen molar-refractivity contribution in [2.45, 2.75) is 20.3 Å². The summed E-state index contributed by atoms with van der Waals surface area (Å²) in [4.78, 5) is 22.6. The van der Waals surface area contributed by atoms with Crippen LogP contribution < -0.4 is 5.32 Å². The van der Waals surface area contributed by atoms with Crippen LogP contribution in [0.1, 0.15) is 20.3 Å². The van der Waals surface area contributed by atoms with Crippen molar-refractivity contribution in [3.05, 3.63) is 10.5 Å². The van der Waals surface area contributed by atoms with Gasteiger partial charge in [0.2, 0.25) is 0 Å². The fourth-order valence-electron chi connectivity index (χ4n) is 1.05. The van der Waals surface area contributed by atoms with Crippen LogP contribution in [-0.2, 0) is 9.59 Å². The quantitative estimate of drug-likeness (QED) is 0.558. The third kappa shape index (κ3) is 2.63. The SMILES string of the molecule is CC(=O)C/C(C)=C1/SC(=S)NC1=O. The van der Waals surface area contributed by atoms with E-state index in [4.69, 9.17) is 12.2 Å². The van der Waals surface area contributed by atoms with Gasteiger partial charge in [-0.15, -0.1) is 0 Å². The van der Waals surface area contributed by atoms with Crippen molar-refractivity contribution in [1.82, 2.24) is 5.32 Å². The number of allylic oxidation sites excluding steroid dienone is 1. The molecular weight excluding hydrogens is 206 g/mol. The molecule has 0 unspecified atom stereocenters. The first kappa shape index (κ1) is 10.4. The van der Waals surface area contributed by atoms with Crippen molar-refractivity contribution < 1.29 is 9.59 Å². The number of ketones is 1. The number of carbonyl (C=O) groups excluding carboxylic acids is 2. The minimum absolute atomic E-state index is 0.0521. The molecule has 0 bridgehead atoms. The van der Waals surface area contributed by atoms with Crippen LogP contribution >= 0.6 is 24.0 Å². The van der Waals surface area contributed by atoms with Gasteiger partial charge in [0, 0.05) is 6.42 Å². The van der Waals surface area contributed by atoms with Crippen molar-refractivity contribution in [3.63, 3.8) is 0 Å². The Hall–Kier alpha value is -0.680. The van der Waals surface area contributed by atoms with Crippen molar-refractivity contribution >= 4 is 40.0 Å². The molecule has 1 saturated heterocycles. The molecule has 1 aliphatic heterocycles. The Bertz CT molecular complexity index is 320. The number of Topliss-reactive ketones (excluding diaryl/α,β-unsaturated/α-hetero) is 1. The largest absolute Gasteiger partial charge is 0.307 e. The third-order valence-electron chi connectivity index (χ3n) is 1.52. The first-order valence-corrected chi connectivity index (χ1v) is 4.95. The van der Waals surface area contributed by atoms with E-state index in [0.717, 1.165) is 5.57 Å². The van der Waals surface area contributed by atoms with E-state index in [1.54, 1.807) is 6.92 Å². The molecule has 1 N–H and O–H groups in total. The monoisotopic (exact) mass is 215 g/mol. The molecule has 3 nitrogen and oxygen atoms in total. The minimum atomic E-state index is -0.186. The molecule has 5 heteroatoms. The molecule has 1 aliphatic rings. The molecule has 70 valence electrons. The fraction of sp³-hybridized carbons (Fsp3) is 0.375. The van der Waals surface area contributed by atoms with E-state index in [2.05, 4.69) is 5.32 Å². The second-order valence-corrected chi connectivity index (χ2v) is 4.52. The lowest BCUT2D eigenvalue weighted by Gasteiger charge is -1.98. The number of hydrogen-bond donors (Lipinski definition) is 1. The molecule has 1 heterocycles. The van der Waals surface area contributed by atoms with E-state index < -0.39 is 0 Å². The van der Waals surface area contributed by atoms with Crippen LogP contribution in [-0.4, -0.2) is 16.0 Å². The lowest BCUT2D eigenvalue weighted by molar-refractivity contribution is -0.116. The second-order valence-electron chi connectivity index (χ2n) is 2.83. The maximum Gasteiger partial charge on any atom is 0.263 e. The van der Waals surface area contributed by atoms with E-state index >= 15 is 0 Å². The van der Waals surface area contributed by atoms with Crippen molar-refractivity contribution in [1.29, 1.82) is 0 Å². The highest BCUT2D eigenvalue weighted by Crippen LogP contribution is 2.27. The predicted molar refractivity (Wildman–Crippen MR) is 56.3 cm³/mol. The molecule has 1 amide bonds. The van der Waals surface area contributed by atoms with Gasteiger partial charge in [0.05, 0.1) is 4.91 Å². The number of hydrogen-bond acceptors (Lipinski definition) is 4. The molecule has 0 aromatic carbocycles. The van der Waals surface area contributed by atoms with Gasteiger partial charge in [0.1, 0.15) is 10.1 Å². The van der Waals surface area contributed by atoms with Gasteiger partial charge >= 0.3 is 0 Å². The summed E-state index contributed by atoms with van der Waals surface area (Å²) < 4.78 is 0.461. The lowest BCUT2D eigenvalue weighted by Crippen LogP contribution is -2.18. The zero-order valence-electron chi connectivity index (χ0n) is 7.34. The van der Waals surface area contributed by atoms with Gasteiger partial charge in [0.15, 0.2) is 0 Å². The van der Waals surface area contributed by atoms with Crippen molar-refractivity contribution in [2.75, 3.05) is 0 Å². The summed E-state index contributed by atoms with van der Waals surface area (Å²) in [5.74, 6) is -0.134. The summed E-state index contributed by atoms with van der Waals surface area (Å²) >= 11 is 6.04. The summed E-state index contributed by atoms with van der Waals surface area (Å²) in [6, 6.07) is 0. The normalized spacial score (nSPS) is 20.2. The van der Waals surface area contributed by atoms with Gasteiger partial charge in [-0.2, -0.15) is 0 Å². The topological polar surface area (TPSA) is 46.2 Å². The molecule has 0 radical (unpaired) electrons. The zero-order valence-corrected chi connectivity index (χ0v) is 8.97. The molecule has 0 spiro atoms. The number of thiocarbonyl (C=S) groups is 1. The molecule has 0 aliphatic carbocycles.